The molecule has 1 aromatic rings. The number of ether oxygens (including phenoxy) is 2. The summed E-state index contributed by atoms with van der Waals surface area (Å²) in [7, 11) is 1.28. The summed E-state index contributed by atoms with van der Waals surface area (Å²) in [6.45, 7) is 5.16. The lowest BCUT2D eigenvalue weighted by molar-refractivity contribution is -0.148. The third-order valence-electron chi connectivity index (χ3n) is 8.65. The van der Waals surface area contributed by atoms with Crippen LogP contribution >= 0.6 is 15.9 Å². The minimum Gasteiger partial charge on any atom is -0.488 e. The number of carbonyl (C=O) groups excluding carboxylic acids is 5. The molecule has 1 aromatic carbocycles. The highest BCUT2D eigenvalue weighted by atomic mass is 79.9. The Bertz CT molecular complexity index is 1200. The number of benzene rings is 1. The van der Waals surface area contributed by atoms with Gasteiger partial charge in [0.25, 0.3) is 0 Å². The van der Waals surface area contributed by atoms with Crippen LogP contribution < -0.4 is 20.7 Å². The average molecular weight is 664 g/mol. The van der Waals surface area contributed by atoms with Crippen LogP contribution in [0.1, 0.15) is 72.1 Å². The molecule has 2 saturated carbocycles. The summed E-state index contributed by atoms with van der Waals surface area (Å²) in [4.78, 5) is 67.2. The van der Waals surface area contributed by atoms with Crippen molar-refractivity contribution < 1.29 is 33.4 Å². The third kappa shape index (κ3) is 8.07. The fourth-order valence-corrected chi connectivity index (χ4v) is 6.38. The van der Waals surface area contributed by atoms with E-state index in [1.807, 2.05) is 26.0 Å². The first kappa shape index (κ1) is 32.8. The van der Waals surface area contributed by atoms with Gasteiger partial charge in [-0.15, -0.1) is 0 Å². The van der Waals surface area contributed by atoms with Gasteiger partial charge in [-0.25, -0.2) is 4.79 Å². The predicted molar refractivity (Wildman–Crippen MR) is 162 cm³/mol. The molecule has 3 aliphatic rings. The van der Waals surface area contributed by atoms with Gasteiger partial charge in [0.2, 0.25) is 23.6 Å². The minimum atomic E-state index is -1.08. The van der Waals surface area contributed by atoms with Crippen molar-refractivity contribution in [2.45, 2.75) is 102 Å². The van der Waals surface area contributed by atoms with E-state index in [0.29, 0.717) is 18.6 Å². The van der Waals surface area contributed by atoms with Crippen LogP contribution in [0.25, 0.3) is 0 Å². The van der Waals surface area contributed by atoms with Crippen LogP contribution in [0.2, 0.25) is 0 Å². The molecule has 4 rings (SSSR count). The number of methoxy groups -OCH3 is 1. The Morgan fingerprint density at radius 2 is 1.65 bits per heavy atom. The molecular weight excluding hydrogens is 620 g/mol. The maximum absolute atomic E-state index is 14.2. The van der Waals surface area contributed by atoms with Gasteiger partial charge >= 0.3 is 5.97 Å². The number of likely N-dealkylation sites (tertiary alicyclic amines) is 1. The number of hydrogen-bond acceptors (Lipinski definition) is 7. The average Bonchev–Trinajstić information content (AvgIpc) is 3.64. The fraction of sp³-hybridized carbons (Fsp3) is 0.645. The largest absolute Gasteiger partial charge is 0.488 e. The third-order valence-corrected chi connectivity index (χ3v) is 9.18. The Balaban J connectivity index is 1.55. The quantitative estimate of drug-likeness (QED) is 0.309. The van der Waals surface area contributed by atoms with Gasteiger partial charge in [0.1, 0.15) is 35.5 Å². The Kier molecular flexibility index (Phi) is 10.7. The molecule has 1 saturated heterocycles. The highest BCUT2D eigenvalue weighted by molar-refractivity contribution is 9.10. The Hall–Kier alpha value is -3.15. The second-order valence-electron chi connectivity index (χ2n) is 12.3. The molecule has 4 atom stereocenters. The number of amides is 4. The standard InChI is InChI=1S/C31H43BrN4O7/c1-18(2)25(34-28(39)26(33-19(3)37)20-8-6-5-7-9-20)29(40)36-17-23(43-22-12-10-21(32)11-13-22)16-24(36)27(38)35-31(14-15-31)30(41)42-4/h10-13,18,20,23-26H,5-9,14-17H2,1-4H3,(H,33,37)(H,34,39)(H,35,38)/t23-,24?,25-,26+/m0/s1. The number of nitrogens with zero attached hydrogens (tertiary/aromatic N) is 1. The van der Waals surface area contributed by atoms with Crippen molar-refractivity contribution in [1.29, 1.82) is 0 Å². The zero-order chi connectivity index (χ0) is 31.3. The molecule has 12 heteroatoms. The first-order valence-corrected chi connectivity index (χ1v) is 15.9. The van der Waals surface area contributed by atoms with E-state index in [4.69, 9.17) is 9.47 Å². The first-order valence-electron chi connectivity index (χ1n) is 15.1. The number of carbonyl (C=O) groups is 5. The van der Waals surface area contributed by atoms with Gasteiger partial charge in [-0.3, -0.25) is 19.2 Å². The van der Waals surface area contributed by atoms with E-state index in [-0.39, 0.29) is 30.7 Å². The normalized spacial score (nSPS) is 22.7. The van der Waals surface area contributed by atoms with Crippen LogP contribution in [0.15, 0.2) is 28.7 Å². The summed E-state index contributed by atoms with van der Waals surface area (Å²) in [6.07, 6.45) is 5.34. The Morgan fingerprint density at radius 3 is 2.21 bits per heavy atom. The molecule has 1 aliphatic heterocycles. The number of hydrogen-bond donors (Lipinski definition) is 3. The molecule has 11 nitrogen and oxygen atoms in total. The molecule has 0 spiro atoms. The Morgan fingerprint density at radius 1 is 1.00 bits per heavy atom. The molecule has 4 amide bonds. The van der Waals surface area contributed by atoms with Crippen LogP contribution in [0.4, 0.5) is 0 Å². The molecule has 3 N–H and O–H groups in total. The van der Waals surface area contributed by atoms with E-state index in [0.717, 1.165) is 36.6 Å². The SMILES string of the molecule is COC(=O)C1(NC(=O)C2C[C@H](Oc3ccc(Br)cc3)CN2C(=O)[C@@H](NC(=O)[C@H](NC(C)=O)C2CCCCC2)C(C)C)CC1. The summed E-state index contributed by atoms with van der Waals surface area (Å²) in [6, 6.07) is 4.67. The number of esters is 1. The summed E-state index contributed by atoms with van der Waals surface area (Å²) in [5.74, 6) is -1.83. The molecule has 1 unspecified atom stereocenters. The lowest BCUT2D eigenvalue weighted by Crippen LogP contribution is -2.60. The zero-order valence-corrected chi connectivity index (χ0v) is 26.9. The van der Waals surface area contributed by atoms with Crippen molar-refractivity contribution >= 4 is 45.5 Å². The molecule has 2 aliphatic carbocycles. The minimum absolute atomic E-state index is 0.0115. The van der Waals surface area contributed by atoms with E-state index >= 15 is 0 Å². The maximum Gasteiger partial charge on any atom is 0.331 e. The molecule has 0 aromatic heterocycles. The molecule has 3 fully saturated rings. The summed E-state index contributed by atoms with van der Waals surface area (Å²) in [5.41, 5.74) is -1.08. The highest BCUT2D eigenvalue weighted by Gasteiger charge is 2.54. The van der Waals surface area contributed by atoms with Crippen LogP contribution in [-0.4, -0.2) is 77.9 Å². The summed E-state index contributed by atoms with van der Waals surface area (Å²) in [5, 5.41) is 8.55. The second-order valence-corrected chi connectivity index (χ2v) is 13.2. The predicted octanol–water partition coefficient (Wildman–Crippen LogP) is 2.85. The van der Waals surface area contributed by atoms with Gasteiger partial charge in [-0.05, 0) is 61.8 Å². The van der Waals surface area contributed by atoms with E-state index in [1.165, 1.54) is 18.9 Å². The summed E-state index contributed by atoms with van der Waals surface area (Å²) < 4.78 is 12.0. The van der Waals surface area contributed by atoms with Crippen molar-refractivity contribution in [3.05, 3.63) is 28.7 Å². The van der Waals surface area contributed by atoms with E-state index < -0.39 is 53.5 Å². The number of halogens is 1. The van der Waals surface area contributed by atoms with Crippen molar-refractivity contribution in [2.75, 3.05) is 13.7 Å². The van der Waals surface area contributed by atoms with E-state index in [2.05, 4.69) is 31.9 Å². The lowest BCUT2D eigenvalue weighted by atomic mass is 9.83. The topological polar surface area (TPSA) is 143 Å². The summed E-state index contributed by atoms with van der Waals surface area (Å²) >= 11 is 3.41. The van der Waals surface area contributed by atoms with Gasteiger partial charge in [0.05, 0.1) is 13.7 Å². The fourth-order valence-electron chi connectivity index (χ4n) is 6.12. The van der Waals surface area contributed by atoms with E-state index in [9.17, 15) is 24.0 Å². The monoisotopic (exact) mass is 662 g/mol. The van der Waals surface area contributed by atoms with Gasteiger partial charge in [0.15, 0.2) is 0 Å². The van der Waals surface area contributed by atoms with Crippen LogP contribution in [0.5, 0.6) is 5.75 Å². The van der Waals surface area contributed by atoms with Gasteiger partial charge < -0.3 is 30.3 Å². The lowest BCUT2D eigenvalue weighted by Gasteiger charge is -2.34. The molecule has 1 heterocycles. The van der Waals surface area contributed by atoms with Crippen LogP contribution in [-0.2, 0) is 28.7 Å². The van der Waals surface area contributed by atoms with Gasteiger partial charge in [-0.2, -0.15) is 0 Å². The van der Waals surface area contributed by atoms with Crippen LogP contribution in [0, 0.1) is 11.8 Å². The van der Waals surface area contributed by atoms with Crippen molar-refractivity contribution in [3.8, 4) is 5.75 Å². The van der Waals surface area contributed by atoms with Crippen molar-refractivity contribution in [2.24, 2.45) is 11.8 Å². The van der Waals surface area contributed by atoms with E-state index in [1.54, 1.807) is 12.1 Å². The molecule has 236 valence electrons. The maximum atomic E-state index is 14.2. The zero-order valence-electron chi connectivity index (χ0n) is 25.3. The van der Waals surface area contributed by atoms with Crippen molar-refractivity contribution in [3.63, 3.8) is 0 Å². The van der Waals surface area contributed by atoms with Crippen molar-refractivity contribution in [1.82, 2.24) is 20.9 Å². The number of rotatable bonds is 11. The number of nitrogens with one attached hydrogen (secondary N) is 3. The van der Waals surface area contributed by atoms with Gasteiger partial charge in [0, 0.05) is 17.8 Å². The van der Waals surface area contributed by atoms with Crippen LogP contribution in [0.3, 0.4) is 0 Å². The van der Waals surface area contributed by atoms with Gasteiger partial charge in [-0.1, -0.05) is 49.0 Å². The molecule has 0 bridgehead atoms. The second kappa shape index (κ2) is 14.1. The smallest absolute Gasteiger partial charge is 0.331 e. The Labute approximate surface area is 261 Å². The molecule has 43 heavy (non-hydrogen) atoms. The molecule has 0 radical (unpaired) electrons. The molecular formula is C31H43BrN4O7. The first-order chi connectivity index (χ1) is 20.4. The highest BCUT2D eigenvalue weighted by Crippen LogP contribution is 2.37.